The summed E-state index contributed by atoms with van der Waals surface area (Å²) in [7, 11) is 1.57. The number of methoxy groups -OCH3 is 1. The molecule has 0 radical (unpaired) electrons. The first-order chi connectivity index (χ1) is 8.89. The largest absolute Gasteiger partial charge is 0.409 e. The van der Waals surface area contributed by atoms with E-state index in [0.29, 0.717) is 12.2 Å². The maximum atomic E-state index is 11.9. The van der Waals surface area contributed by atoms with E-state index in [2.05, 4.69) is 15.5 Å². The number of carbonyl (C=O) groups is 1. The van der Waals surface area contributed by atoms with Crippen molar-refractivity contribution in [2.45, 2.75) is 19.4 Å². The molecule has 4 N–H and O–H groups in total. The molecule has 1 aromatic rings. The number of nitrogens with zero attached hydrogens (tertiary/aromatic N) is 2. The van der Waals surface area contributed by atoms with Crippen molar-refractivity contribution in [2.75, 3.05) is 13.7 Å². The van der Waals surface area contributed by atoms with Gasteiger partial charge in [0.1, 0.15) is 5.69 Å². The summed E-state index contributed by atoms with van der Waals surface area (Å²) >= 11 is 0. The SMILES string of the molecule is COCC(C)(C)NC(=O)c1ccc(/C(N)=N/O)cn1. The van der Waals surface area contributed by atoms with E-state index in [4.69, 9.17) is 15.7 Å². The Hall–Kier alpha value is -2.15. The molecule has 0 aliphatic carbocycles. The Morgan fingerprint density at radius 2 is 2.26 bits per heavy atom. The predicted octanol–water partition coefficient (Wildman–Crippen LogP) is 0.331. The van der Waals surface area contributed by atoms with Gasteiger partial charge in [0.2, 0.25) is 0 Å². The molecule has 19 heavy (non-hydrogen) atoms. The number of amidine groups is 1. The topological polar surface area (TPSA) is 110 Å². The summed E-state index contributed by atoms with van der Waals surface area (Å²) in [5.41, 5.74) is 5.61. The molecule has 0 saturated carbocycles. The molecule has 0 aliphatic rings. The molecular formula is C12H18N4O3. The lowest BCUT2D eigenvalue weighted by Gasteiger charge is -2.24. The van der Waals surface area contributed by atoms with Crippen LogP contribution in [0.4, 0.5) is 0 Å². The number of aromatic nitrogens is 1. The van der Waals surface area contributed by atoms with Crippen LogP contribution < -0.4 is 11.1 Å². The van der Waals surface area contributed by atoms with Crippen molar-refractivity contribution in [3.8, 4) is 0 Å². The minimum absolute atomic E-state index is 0.0563. The van der Waals surface area contributed by atoms with Crippen LogP contribution >= 0.6 is 0 Å². The molecular weight excluding hydrogens is 248 g/mol. The van der Waals surface area contributed by atoms with Crippen LogP contribution in [-0.2, 0) is 4.74 Å². The summed E-state index contributed by atoms with van der Waals surface area (Å²) in [4.78, 5) is 15.9. The number of rotatable bonds is 5. The van der Waals surface area contributed by atoms with Gasteiger partial charge in [-0.25, -0.2) is 0 Å². The molecule has 0 aliphatic heterocycles. The van der Waals surface area contributed by atoms with E-state index >= 15 is 0 Å². The highest BCUT2D eigenvalue weighted by Gasteiger charge is 2.21. The maximum Gasteiger partial charge on any atom is 0.270 e. The van der Waals surface area contributed by atoms with E-state index in [1.807, 2.05) is 13.8 Å². The second-order valence-electron chi connectivity index (χ2n) is 4.69. The number of ether oxygens (including phenoxy) is 1. The normalized spacial score (nSPS) is 12.3. The van der Waals surface area contributed by atoms with Gasteiger partial charge in [-0.05, 0) is 26.0 Å². The third-order valence-electron chi connectivity index (χ3n) is 2.36. The predicted molar refractivity (Wildman–Crippen MR) is 70.2 cm³/mol. The highest BCUT2D eigenvalue weighted by atomic mass is 16.5. The molecule has 0 unspecified atom stereocenters. The standard InChI is InChI=1S/C12H18N4O3/c1-12(2,7-19-3)15-11(17)9-5-4-8(6-14-9)10(13)16-18/h4-6,18H,7H2,1-3H3,(H2,13,16)(H,15,17). The molecule has 0 bridgehead atoms. The Bertz CT molecular complexity index is 468. The zero-order chi connectivity index (χ0) is 14.5. The number of hydrogen-bond acceptors (Lipinski definition) is 5. The van der Waals surface area contributed by atoms with E-state index in [9.17, 15) is 4.79 Å². The number of nitrogens with one attached hydrogen (secondary N) is 1. The van der Waals surface area contributed by atoms with Crippen molar-refractivity contribution in [1.29, 1.82) is 0 Å². The number of carbonyl (C=O) groups excluding carboxylic acids is 1. The van der Waals surface area contributed by atoms with Crippen LogP contribution in [0.2, 0.25) is 0 Å². The maximum absolute atomic E-state index is 11.9. The first-order valence-electron chi connectivity index (χ1n) is 5.65. The van der Waals surface area contributed by atoms with Crippen LogP contribution in [0.25, 0.3) is 0 Å². The third-order valence-corrected chi connectivity index (χ3v) is 2.36. The van der Waals surface area contributed by atoms with Crippen molar-refractivity contribution in [3.05, 3.63) is 29.6 Å². The molecule has 0 spiro atoms. The minimum Gasteiger partial charge on any atom is -0.409 e. The van der Waals surface area contributed by atoms with Gasteiger partial charge < -0.3 is 21.0 Å². The molecule has 1 heterocycles. The Balaban J connectivity index is 2.79. The van der Waals surface area contributed by atoms with E-state index in [1.165, 1.54) is 12.3 Å². The zero-order valence-corrected chi connectivity index (χ0v) is 11.2. The summed E-state index contributed by atoms with van der Waals surface area (Å²) in [6.45, 7) is 4.08. The number of amides is 1. The summed E-state index contributed by atoms with van der Waals surface area (Å²) in [6, 6.07) is 3.06. The second kappa shape index (κ2) is 6.14. The van der Waals surface area contributed by atoms with Gasteiger partial charge in [-0.2, -0.15) is 0 Å². The molecule has 0 fully saturated rings. The summed E-state index contributed by atoms with van der Waals surface area (Å²) < 4.78 is 5.01. The van der Waals surface area contributed by atoms with Gasteiger partial charge in [-0.15, -0.1) is 0 Å². The van der Waals surface area contributed by atoms with Crippen molar-refractivity contribution < 1.29 is 14.7 Å². The molecule has 7 heteroatoms. The third kappa shape index (κ3) is 4.22. The van der Waals surface area contributed by atoms with Gasteiger partial charge in [-0.3, -0.25) is 9.78 Å². The van der Waals surface area contributed by atoms with Crippen molar-refractivity contribution in [2.24, 2.45) is 10.9 Å². The fraction of sp³-hybridized carbons (Fsp3) is 0.417. The van der Waals surface area contributed by atoms with Gasteiger partial charge in [0, 0.05) is 18.9 Å². The van der Waals surface area contributed by atoms with Crippen LogP contribution in [0.5, 0.6) is 0 Å². The Labute approximate surface area is 111 Å². The van der Waals surface area contributed by atoms with Crippen molar-refractivity contribution in [3.63, 3.8) is 0 Å². The number of hydrogen-bond donors (Lipinski definition) is 3. The lowest BCUT2D eigenvalue weighted by molar-refractivity contribution is 0.0815. The number of nitrogens with two attached hydrogens (primary N) is 1. The average molecular weight is 266 g/mol. The summed E-state index contributed by atoms with van der Waals surface area (Å²) in [5, 5.41) is 14.2. The fourth-order valence-corrected chi connectivity index (χ4v) is 1.51. The van der Waals surface area contributed by atoms with E-state index in [-0.39, 0.29) is 17.4 Å². The van der Waals surface area contributed by atoms with Crippen LogP contribution in [0.1, 0.15) is 29.9 Å². The zero-order valence-electron chi connectivity index (χ0n) is 11.2. The monoisotopic (exact) mass is 266 g/mol. The first kappa shape index (κ1) is 14.9. The quantitative estimate of drug-likeness (QED) is 0.308. The van der Waals surface area contributed by atoms with E-state index in [1.54, 1.807) is 13.2 Å². The molecule has 7 nitrogen and oxygen atoms in total. The molecule has 1 rings (SSSR count). The number of oxime groups is 1. The van der Waals surface area contributed by atoms with Crippen molar-refractivity contribution >= 4 is 11.7 Å². The van der Waals surface area contributed by atoms with Gasteiger partial charge in [-0.1, -0.05) is 5.16 Å². The summed E-state index contributed by atoms with van der Waals surface area (Å²) in [5.74, 6) is -0.368. The van der Waals surface area contributed by atoms with Crippen molar-refractivity contribution in [1.82, 2.24) is 10.3 Å². The Morgan fingerprint density at radius 1 is 1.58 bits per heavy atom. The van der Waals surface area contributed by atoms with Gasteiger partial charge >= 0.3 is 0 Å². The molecule has 0 atom stereocenters. The van der Waals surface area contributed by atoms with Crippen LogP contribution in [0, 0.1) is 0 Å². The Kier molecular flexibility index (Phi) is 4.82. The van der Waals surface area contributed by atoms with Gasteiger partial charge in [0.25, 0.3) is 5.91 Å². The van der Waals surface area contributed by atoms with Crippen LogP contribution in [0.3, 0.4) is 0 Å². The van der Waals surface area contributed by atoms with Crippen LogP contribution in [-0.4, -0.2) is 41.2 Å². The minimum atomic E-state index is -0.488. The second-order valence-corrected chi connectivity index (χ2v) is 4.69. The molecule has 1 aromatic heterocycles. The smallest absolute Gasteiger partial charge is 0.270 e. The first-order valence-corrected chi connectivity index (χ1v) is 5.65. The summed E-state index contributed by atoms with van der Waals surface area (Å²) in [6.07, 6.45) is 1.37. The molecule has 0 aromatic carbocycles. The molecule has 0 saturated heterocycles. The number of pyridine rings is 1. The molecule has 104 valence electrons. The highest BCUT2D eigenvalue weighted by molar-refractivity contribution is 5.98. The lowest BCUT2D eigenvalue weighted by Crippen LogP contribution is -2.47. The van der Waals surface area contributed by atoms with Gasteiger partial charge in [0.15, 0.2) is 5.84 Å². The Morgan fingerprint density at radius 3 is 2.74 bits per heavy atom. The van der Waals surface area contributed by atoms with E-state index in [0.717, 1.165) is 0 Å². The average Bonchev–Trinajstić information content (AvgIpc) is 2.37. The van der Waals surface area contributed by atoms with Gasteiger partial charge in [0.05, 0.1) is 12.1 Å². The van der Waals surface area contributed by atoms with Crippen LogP contribution in [0.15, 0.2) is 23.5 Å². The fourth-order valence-electron chi connectivity index (χ4n) is 1.51. The highest BCUT2D eigenvalue weighted by Crippen LogP contribution is 2.06. The molecule has 1 amide bonds. The van der Waals surface area contributed by atoms with E-state index < -0.39 is 5.54 Å². The lowest BCUT2D eigenvalue weighted by atomic mass is 10.1.